The van der Waals surface area contributed by atoms with Crippen molar-refractivity contribution in [1.29, 1.82) is 0 Å². The summed E-state index contributed by atoms with van der Waals surface area (Å²) < 4.78 is 11.9. The van der Waals surface area contributed by atoms with Crippen molar-refractivity contribution in [3.05, 3.63) is 35.4 Å². The van der Waals surface area contributed by atoms with Crippen LogP contribution in [-0.4, -0.2) is 22.9 Å². The Kier molecular flexibility index (Phi) is 3.59. The van der Waals surface area contributed by atoms with Crippen LogP contribution < -0.4 is 0 Å². The van der Waals surface area contributed by atoms with Gasteiger partial charge in [0.1, 0.15) is 0 Å². The van der Waals surface area contributed by atoms with Crippen molar-refractivity contribution in [1.82, 2.24) is 0 Å². The summed E-state index contributed by atoms with van der Waals surface area (Å²) in [6.07, 6.45) is -1.20. The molecule has 1 unspecified atom stereocenters. The predicted octanol–water partition coefficient (Wildman–Crippen LogP) is 1.32. The number of benzene rings is 1. The van der Waals surface area contributed by atoms with Gasteiger partial charge in [0, 0.05) is 6.42 Å². The van der Waals surface area contributed by atoms with Crippen molar-refractivity contribution >= 4 is 5.97 Å². The molecule has 1 aromatic carbocycles. The molecule has 0 aliphatic carbocycles. The number of aryl methyl sites for hydroxylation is 1. The lowest BCUT2D eigenvalue weighted by Crippen LogP contribution is -2.10. The molecule has 0 spiro atoms. The van der Waals surface area contributed by atoms with Gasteiger partial charge in [-0.05, 0) is 11.1 Å². The molecule has 2 N–H and O–H groups in total. The van der Waals surface area contributed by atoms with Crippen LogP contribution in [0.15, 0.2) is 24.3 Å². The van der Waals surface area contributed by atoms with E-state index < -0.39 is 18.7 Å². The zero-order valence-corrected chi connectivity index (χ0v) is 7.48. The van der Waals surface area contributed by atoms with Crippen molar-refractivity contribution < 1.29 is 19.4 Å². The highest BCUT2D eigenvalue weighted by atomic mass is 19.1. The third kappa shape index (κ3) is 2.53. The largest absolute Gasteiger partial charge is 0.479 e. The van der Waals surface area contributed by atoms with Crippen LogP contribution in [0.2, 0.25) is 0 Å². The molecule has 4 heteroatoms. The van der Waals surface area contributed by atoms with E-state index in [0.29, 0.717) is 12.0 Å². The van der Waals surface area contributed by atoms with Gasteiger partial charge < -0.3 is 10.2 Å². The van der Waals surface area contributed by atoms with Gasteiger partial charge in [-0.25, -0.2) is 4.79 Å². The topological polar surface area (TPSA) is 57.5 Å². The summed E-state index contributed by atoms with van der Waals surface area (Å²) >= 11 is 0. The molecular weight excluding hydrogens is 187 g/mol. The van der Waals surface area contributed by atoms with Crippen LogP contribution >= 0.6 is 0 Å². The van der Waals surface area contributed by atoms with Crippen molar-refractivity contribution in [2.24, 2.45) is 0 Å². The smallest absolute Gasteiger partial charge is 0.337 e. The Hall–Kier alpha value is -1.42. The van der Waals surface area contributed by atoms with E-state index in [-0.39, 0.29) is 0 Å². The van der Waals surface area contributed by atoms with Crippen molar-refractivity contribution in [3.63, 3.8) is 0 Å². The molecule has 3 nitrogen and oxygen atoms in total. The molecule has 0 aromatic heterocycles. The zero-order chi connectivity index (χ0) is 10.6. The van der Waals surface area contributed by atoms with Crippen LogP contribution in [-0.2, 0) is 11.2 Å². The van der Waals surface area contributed by atoms with Gasteiger partial charge >= 0.3 is 5.97 Å². The molecular formula is C10H11FO3. The predicted molar refractivity (Wildman–Crippen MR) is 48.7 cm³/mol. The molecule has 1 aromatic rings. The molecule has 0 amide bonds. The van der Waals surface area contributed by atoms with Gasteiger partial charge in [0.05, 0.1) is 6.67 Å². The van der Waals surface area contributed by atoms with E-state index in [2.05, 4.69) is 0 Å². The monoisotopic (exact) mass is 198 g/mol. The van der Waals surface area contributed by atoms with Crippen molar-refractivity contribution in [3.8, 4) is 0 Å². The van der Waals surface area contributed by atoms with E-state index in [1.807, 2.05) is 0 Å². The molecule has 0 saturated heterocycles. The number of halogens is 1. The molecule has 76 valence electrons. The fourth-order valence-electron chi connectivity index (χ4n) is 1.12. The first-order chi connectivity index (χ1) is 6.65. The summed E-state index contributed by atoms with van der Waals surface area (Å²) in [7, 11) is 0. The zero-order valence-electron chi connectivity index (χ0n) is 7.48. The molecule has 0 heterocycles. The van der Waals surface area contributed by atoms with Crippen LogP contribution in [0.3, 0.4) is 0 Å². The second-order valence-electron chi connectivity index (χ2n) is 2.92. The minimum absolute atomic E-state index is 0.306. The maximum atomic E-state index is 11.9. The number of aliphatic hydroxyl groups is 1. The molecule has 0 saturated carbocycles. The summed E-state index contributed by atoms with van der Waals surface area (Å²) in [5, 5.41) is 17.6. The number of carboxylic acids is 1. The van der Waals surface area contributed by atoms with Gasteiger partial charge in [-0.15, -0.1) is 0 Å². The highest BCUT2D eigenvalue weighted by Crippen LogP contribution is 2.14. The third-order valence-corrected chi connectivity index (χ3v) is 1.91. The molecule has 1 atom stereocenters. The first kappa shape index (κ1) is 10.7. The molecule has 0 radical (unpaired) electrons. The van der Waals surface area contributed by atoms with Crippen LogP contribution in [0.5, 0.6) is 0 Å². The van der Waals surface area contributed by atoms with Crippen LogP contribution in [0.1, 0.15) is 17.2 Å². The summed E-state index contributed by atoms with van der Waals surface area (Å²) in [5.41, 5.74) is 1.09. The SMILES string of the molecule is O=C(O)C(O)c1ccc(CCF)cc1. The number of aliphatic carboxylic acids is 1. The lowest BCUT2D eigenvalue weighted by atomic mass is 10.1. The fourth-order valence-corrected chi connectivity index (χ4v) is 1.12. The minimum atomic E-state index is -1.51. The van der Waals surface area contributed by atoms with E-state index in [4.69, 9.17) is 10.2 Å². The number of rotatable bonds is 4. The number of carboxylic acid groups (broad SMARTS) is 1. The van der Waals surface area contributed by atoms with Crippen LogP contribution in [0.25, 0.3) is 0 Å². The lowest BCUT2D eigenvalue weighted by molar-refractivity contribution is -0.146. The summed E-state index contributed by atoms with van der Waals surface area (Å²) in [5.74, 6) is -1.29. The number of hydrogen-bond donors (Lipinski definition) is 2. The third-order valence-electron chi connectivity index (χ3n) is 1.91. The maximum absolute atomic E-state index is 11.9. The molecule has 0 bridgehead atoms. The summed E-state index contributed by atoms with van der Waals surface area (Å²) in [4.78, 5) is 10.4. The van der Waals surface area contributed by atoms with E-state index in [0.717, 1.165) is 5.56 Å². The maximum Gasteiger partial charge on any atom is 0.337 e. The Morgan fingerprint density at radius 1 is 1.36 bits per heavy atom. The summed E-state index contributed by atoms with van der Waals surface area (Å²) in [6, 6.07) is 6.20. The molecule has 0 aliphatic rings. The van der Waals surface area contributed by atoms with E-state index >= 15 is 0 Å². The molecule has 0 aliphatic heterocycles. The average Bonchev–Trinajstić information content (AvgIpc) is 2.18. The molecule has 1 rings (SSSR count). The van der Waals surface area contributed by atoms with E-state index in [9.17, 15) is 9.18 Å². The van der Waals surface area contributed by atoms with Crippen molar-refractivity contribution in [2.45, 2.75) is 12.5 Å². The Bertz CT molecular complexity index is 308. The highest BCUT2D eigenvalue weighted by molar-refractivity contribution is 5.73. The van der Waals surface area contributed by atoms with Gasteiger partial charge in [-0.1, -0.05) is 24.3 Å². The lowest BCUT2D eigenvalue weighted by Gasteiger charge is -2.06. The number of alkyl halides is 1. The Balaban J connectivity index is 2.77. The van der Waals surface area contributed by atoms with Gasteiger partial charge in [0.15, 0.2) is 6.10 Å². The normalized spacial score (nSPS) is 12.4. The minimum Gasteiger partial charge on any atom is -0.479 e. The van der Waals surface area contributed by atoms with Crippen molar-refractivity contribution in [2.75, 3.05) is 6.67 Å². The first-order valence-electron chi connectivity index (χ1n) is 4.21. The van der Waals surface area contributed by atoms with Gasteiger partial charge in [-0.3, -0.25) is 4.39 Å². The van der Waals surface area contributed by atoms with E-state index in [1.54, 1.807) is 12.1 Å². The summed E-state index contributed by atoms with van der Waals surface area (Å²) in [6.45, 7) is -0.444. The van der Waals surface area contributed by atoms with Gasteiger partial charge in [-0.2, -0.15) is 0 Å². The van der Waals surface area contributed by atoms with Crippen LogP contribution in [0.4, 0.5) is 4.39 Å². The second-order valence-corrected chi connectivity index (χ2v) is 2.92. The molecule has 0 fully saturated rings. The average molecular weight is 198 g/mol. The second kappa shape index (κ2) is 4.72. The standard InChI is InChI=1S/C10H11FO3/c11-6-5-7-1-3-8(4-2-7)9(12)10(13)14/h1-4,9,12H,5-6H2,(H,13,14). The van der Waals surface area contributed by atoms with Gasteiger partial charge in [0.25, 0.3) is 0 Å². The van der Waals surface area contributed by atoms with Crippen LogP contribution in [0, 0.1) is 0 Å². The first-order valence-corrected chi connectivity index (χ1v) is 4.21. The van der Waals surface area contributed by atoms with Gasteiger partial charge in [0.2, 0.25) is 0 Å². The quantitative estimate of drug-likeness (QED) is 0.767. The number of hydrogen-bond acceptors (Lipinski definition) is 2. The fraction of sp³-hybridized carbons (Fsp3) is 0.300. The van der Waals surface area contributed by atoms with E-state index in [1.165, 1.54) is 12.1 Å². The Morgan fingerprint density at radius 3 is 2.36 bits per heavy atom. The number of carbonyl (C=O) groups is 1. The Labute approximate surface area is 80.8 Å². The highest BCUT2D eigenvalue weighted by Gasteiger charge is 2.14. The number of aliphatic hydroxyl groups excluding tert-OH is 1. The Morgan fingerprint density at radius 2 is 1.93 bits per heavy atom. The molecule has 14 heavy (non-hydrogen) atoms.